The summed E-state index contributed by atoms with van der Waals surface area (Å²) in [7, 11) is 3.34. The van der Waals surface area contributed by atoms with Crippen LogP contribution in [0.4, 0.5) is 0 Å². The zero-order chi connectivity index (χ0) is 26.6. The van der Waals surface area contributed by atoms with Crippen LogP contribution in [-0.4, -0.2) is 59.4 Å². The SMILES string of the molecule is COC(=O)CC1CCCN1Cc1ccc2c(c1)CCC(N(C)C(=O)c1ccc(-c3ccc(Cl)cc3)cn1)C2. The van der Waals surface area contributed by atoms with Gasteiger partial charge in [-0.05, 0) is 79.1 Å². The van der Waals surface area contributed by atoms with Gasteiger partial charge in [-0.3, -0.25) is 19.5 Å². The summed E-state index contributed by atoms with van der Waals surface area (Å²) < 4.78 is 4.88. The van der Waals surface area contributed by atoms with Crippen molar-refractivity contribution in [3.63, 3.8) is 0 Å². The highest BCUT2D eigenvalue weighted by Gasteiger charge is 2.29. The number of hydrogen-bond donors (Lipinski definition) is 0. The third kappa shape index (κ3) is 5.92. The molecule has 5 rings (SSSR count). The minimum absolute atomic E-state index is 0.0524. The smallest absolute Gasteiger partial charge is 0.307 e. The molecule has 0 spiro atoms. The Morgan fingerprint density at radius 2 is 1.84 bits per heavy atom. The van der Waals surface area contributed by atoms with Gasteiger partial charge in [0.15, 0.2) is 0 Å². The molecule has 7 heteroatoms. The van der Waals surface area contributed by atoms with E-state index in [4.69, 9.17) is 16.3 Å². The van der Waals surface area contributed by atoms with Gasteiger partial charge >= 0.3 is 5.97 Å². The van der Waals surface area contributed by atoms with Crippen LogP contribution < -0.4 is 0 Å². The fourth-order valence-electron chi connectivity index (χ4n) is 5.74. The summed E-state index contributed by atoms with van der Waals surface area (Å²) in [4.78, 5) is 33.7. The maximum atomic E-state index is 13.2. The molecule has 198 valence electrons. The number of rotatable bonds is 7. The van der Waals surface area contributed by atoms with Gasteiger partial charge in [0.05, 0.1) is 13.5 Å². The van der Waals surface area contributed by atoms with E-state index in [1.54, 1.807) is 12.3 Å². The van der Waals surface area contributed by atoms with Gasteiger partial charge in [0.1, 0.15) is 5.69 Å². The second-order valence-corrected chi connectivity index (χ2v) is 10.8. The van der Waals surface area contributed by atoms with Gasteiger partial charge in [-0.1, -0.05) is 48.0 Å². The molecule has 2 atom stereocenters. The van der Waals surface area contributed by atoms with Crippen LogP contribution in [0, 0.1) is 0 Å². The first-order valence-electron chi connectivity index (χ1n) is 13.3. The summed E-state index contributed by atoms with van der Waals surface area (Å²) in [5.41, 5.74) is 6.39. The molecule has 38 heavy (non-hydrogen) atoms. The minimum Gasteiger partial charge on any atom is -0.469 e. The number of esters is 1. The number of carbonyl (C=O) groups excluding carboxylic acids is 2. The Labute approximate surface area is 229 Å². The molecule has 2 heterocycles. The van der Waals surface area contributed by atoms with E-state index in [2.05, 4.69) is 28.1 Å². The molecule has 1 aromatic heterocycles. The second-order valence-electron chi connectivity index (χ2n) is 10.4. The summed E-state index contributed by atoms with van der Waals surface area (Å²) >= 11 is 5.99. The third-order valence-corrected chi connectivity index (χ3v) is 8.27. The lowest BCUT2D eigenvalue weighted by atomic mass is 9.86. The summed E-state index contributed by atoms with van der Waals surface area (Å²) in [6.45, 7) is 1.87. The lowest BCUT2D eigenvalue weighted by Gasteiger charge is -2.33. The van der Waals surface area contributed by atoms with Gasteiger partial charge in [-0.15, -0.1) is 0 Å². The highest BCUT2D eigenvalue weighted by Crippen LogP contribution is 2.29. The molecule has 2 aliphatic rings. The van der Waals surface area contributed by atoms with E-state index in [1.807, 2.05) is 42.3 Å². The van der Waals surface area contributed by atoms with E-state index in [-0.39, 0.29) is 24.0 Å². The number of pyridine rings is 1. The summed E-state index contributed by atoms with van der Waals surface area (Å²) in [5, 5.41) is 0.691. The summed E-state index contributed by atoms with van der Waals surface area (Å²) in [6.07, 6.45) is 7.08. The number of aryl methyl sites for hydroxylation is 1. The zero-order valence-corrected chi connectivity index (χ0v) is 22.8. The highest BCUT2D eigenvalue weighted by atomic mass is 35.5. The topological polar surface area (TPSA) is 62.7 Å². The zero-order valence-electron chi connectivity index (χ0n) is 22.0. The molecule has 6 nitrogen and oxygen atoms in total. The molecule has 1 aliphatic carbocycles. The molecule has 0 N–H and O–H groups in total. The van der Waals surface area contributed by atoms with Crippen LogP contribution in [0.2, 0.25) is 5.02 Å². The van der Waals surface area contributed by atoms with Crippen molar-refractivity contribution in [3.05, 3.63) is 88.2 Å². The summed E-state index contributed by atoms with van der Waals surface area (Å²) in [5.74, 6) is -0.187. The fourth-order valence-corrected chi connectivity index (χ4v) is 5.87. The van der Waals surface area contributed by atoms with Crippen LogP contribution >= 0.6 is 11.6 Å². The molecule has 0 radical (unpaired) electrons. The first-order chi connectivity index (χ1) is 18.4. The van der Waals surface area contributed by atoms with E-state index in [0.29, 0.717) is 17.1 Å². The van der Waals surface area contributed by atoms with Crippen molar-refractivity contribution >= 4 is 23.5 Å². The predicted octanol–water partition coefficient (Wildman–Crippen LogP) is 5.56. The number of halogens is 1. The molecular weight excluding hydrogens is 498 g/mol. The van der Waals surface area contributed by atoms with Gasteiger partial charge in [0.2, 0.25) is 0 Å². The van der Waals surface area contributed by atoms with Crippen molar-refractivity contribution in [2.45, 2.75) is 57.2 Å². The number of carbonyl (C=O) groups is 2. The van der Waals surface area contributed by atoms with Gasteiger partial charge in [0, 0.05) is 42.5 Å². The minimum atomic E-state index is -0.134. The van der Waals surface area contributed by atoms with Gasteiger partial charge in [-0.2, -0.15) is 0 Å². The number of fused-ring (bicyclic) bond motifs is 1. The van der Waals surface area contributed by atoms with Crippen LogP contribution in [0.15, 0.2) is 60.8 Å². The number of aromatic nitrogens is 1. The molecule has 1 amide bonds. The van der Waals surface area contributed by atoms with E-state index >= 15 is 0 Å². The Hall–Kier alpha value is -3.22. The molecule has 2 unspecified atom stereocenters. The Morgan fingerprint density at radius 3 is 2.58 bits per heavy atom. The predicted molar refractivity (Wildman–Crippen MR) is 149 cm³/mol. The lowest BCUT2D eigenvalue weighted by molar-refractivity contribution is -0.141. The average Bonchev–Trinajstić information content (AvgIpc) is 3.38. The van der Waals surface area contributed by atoms with Crippen molar-refractivity contribution in [2.75, 3.05) is 20.7 Å². The van der Waals surface area contributed by atoms with Crippen molar-refractivity contribution < 1.29 is 14.3 Å². The number of ether oxygens (including phenoxy) is 1. The van der Waals surface area contributed by atoms with E-state index in [9.17, 15) is 9.59 Å². The first kappa shape index (κ1) is 26.4. The van der Waals surface area contributed by atoms with Gasteiger partial charge in [-0.25, -0.2) is 0 Å². The normalized spacial score (nSPS) is 19.1. The van der Waals surface area contributed by atoms with Gasteiger partial charge in [0.25, 0.3) is 5.91 Å². The Bertz CT molecular complexity index is 1290. The lowest BCUT2D eigenvalue weighted by Crippen LogP contribution is -2.41. The van der Waals surface area contributed by atoms with Crippen LogP contribution in [-0.2, 0) is 28.9 Å². The molecule has 1 fully saturated rings. The summed E-state index contributed by atoms with van der Waals surface area (Å²) in [6, 6.07) is 18.5. The molecular formula is C31H34ClN3O3. The van der Waals surface area contributed by atoms with Crippen molar-refractivity contribution in [1.29, 1.82) is 0 Å². The molecule has 1 aliphatic heterocycles. The highest BCUT2D eigenvalue weighted by molar-refractivity contribution is 6.30. The van der Waals surface area contributed by atoms with E-state index in [0.717, 1.165) is 56.3 Å². The second kappa shape index (κ2) is 11.7. The van der Waals surface area contributed by atoms with Crippen LogP contribution in [0.25, 0.3) is 11.1 Å². The standard InChI is InChI=1S/C31H34ClN3O3/c1-34(31(37)29-14-10-25(19-33-29)22-7-11-26(32)12-8-22)27-13-9-23-16-21(5-6-24(23)17-27)20-35-15-3-4-28(35)18-30(36)38-2/h5-8,10-12,14,16,19,27-28H,3-4,9,13,15,17-18,20H2,1-2H3. The first-order valence-corrected chi connectivity index (χ1v) is 13.7. The van der Waals surface area contributed by atoms with Crippen LogP contribution in [0.5, 0.6) is 0 Å². The quantitative estimate of drug-likeness (QED) is 0.374. The Morgan fingerprint density at radius 1 is 1.05 bits per heavy atom. The average molecular weight is 532 g/mol. The largest absolute Gasteiger partial charge is 0.469 e. The fraction of sp³-hybridized carbons (Fsp3) is 0.387. The maximum Gasteiger partial charge on any atom is 0.307 e. The van der Waals surface area contributed by atoms with Crippen molar-refractivity contribution in [2.24, 2.45) is 0 Å². The third-order valence-electron chi connectivity index (χ3n) is 8.02. The number of nitrogens with zero attached hydrogens (tertiary/aromatic N) is 3. The van der Waals surface area contributed by atoms with Crippen LogP contribution in [0.1, 0.15) is 52.9 Å². The Kier molecular flexibility index (Phi) is 8.10. The molecule has 3 aromatic rings. The van der Waals surface area contributed by atoms with Crippen molar-refractivity contribution in [3.8, 4) is 11.1 Å². The number of amides is 1. The number of hydrogen-bond acceptors (Lipinski definition) is 5. The molecule has 0 saturated carbocycles. The number of likely N-dealkylation sites (N-methyl/N-ethyl adjacent to an activating group) is 1. The Balaban J connectivity index is 1.21. The van der Waals surface area contributed by atoms with Crippen molar-refractivity contribution in [1.82, 2.24) is 14.8 Å². The molecule has 2 aromatic carbocycles. The monoisotopic (exact) mass is 531 g/mol. The number of benzene rings is 2. The van der Waals surface area contributed by atoms with Crippen LogP contribution in [0.3, 0.4) is 0 Å². The van der Waals surface area contributed by atoms with E-state index < -0.39 is 0 Å². The maximum absolute atomic E-state index is 13.2. The molecule has 0 bridgehead atoms. The van der Waals surface area contributed by atoms with E-state index in [1.165, 1.54) is 23.8 Å². The number of methoxy groups -OCH3 is 1. The van der Waals surface area contributed by atoms with Gasteiger partial charge < -0.3 is 9.64 Å². The molecule has 1 saturated heterocycles. The number of likely N-dealkylation sites (tertiary alicyclic amines) is 1.